The van der Waals surface area contributed by atoms with Gasteiger partial charge in [-0.1, -0.05) is 12.1 Å². The summed E-state index contributed by atoms with van der Waals surface area (Å²) in [5.74, 6) is 2.87. The molecule has 5 rings (SSSR count). The summed E-state index contributed by atoms with van der Waals surface area (Å²) >= 11 is 1.77. The molecule has 2 N–H and O–H groups in total. The molecule has 4 heteroatoms. The molecule has 1 unspecified atom stereocenters. The molecule has 4 aliphatic rings. The van der Waals surface area contributed by atoms with Gasteiger partial charge in [0.1, 0.15) is 6.54 Å². The van der Waals surface area contributed by atoms with E-state index in [0.29, 0.717) is 0 Å². The number of carbonyl (C=O) groups excluding carboxylic acids is 1. The molecule has 0 spiro atoms. The molecule has 1 aromatic rings. The summed E-state index contributed by atoms with van der Waals surface area (Å²) in [6, 6.07) is 8.72. The van der Waals surface area contributed by atoms with Gasteiger partial charge in [-0.15, -0.1) is 11.8 Å². The third kappa shape index (κ3) is 3.68. The highest BCUT2D eigenvalue weighted by Crippen LogP contribution is 2.55. The maximum absolute atomic E-state index is 13.0. The Labute approximate surface area is 162 Å². The molecule has 4 bridgehead atoms. The minimum atomic E-state index is -0.0109. The second kappa shape index (κ2) is 7.20. The molecule has 2 atom stereocenters. The lowest BCUT2D eigenvalue weighted by Crippen LogP contribution is -3.12. The number of likely N-dealkylation sites (N-methyl/N-ethyl adjacent to an activating group) is 1. The first-order valence-electron chi connectivity index (χ1n) is 10.2. The highest BCUT2D eigenvalue weighted by Gasteiger charge is 2.52. The predicted molar refractivity (Wildman–Crippen MR) is 107 cm³/mol. The van der Waals surface area contributed by atoms with Crippen molar-refractivity contribution < 1.29 is 9.69 Å². The van der Waals surface area contributed by atoms with Crippen molar-refractivity contribution >= 4 is 17.7 Å². The molecule has 1 amide bonds. The molecule has 4 aliphatic carbocycles. The van der Waals surface area contributed by atoms with Crippen LogP contribution in [0.25, 0.3) is 0 Å². The molecule has 0 aliphatic heterocycles. The summed E-state index contributed by atoms with van der Waals surface area (Å²) in [7, 11) is 2.15. The third-order valence-electron chi connectivity index (χ3n) is 7.20. The van der Waals surface area contributed by atoms with Gasteiger partial charge in [-0.3, -0.25) is 4.79 Å². The zero-order valence-electron chi connectivity index (χ0n) is 16.4. The van der Waals surface area contributed by atoms with Crippen molar-refractivity contribution in [3.8, 4) is 0 Å². The quantitative estimate of drug-likeness (QED) is 0.752. The van der Waals surface area contributed by atoms with Crippen LogP contribution in [0.2, 0.25) is 0 Å². The average Bonchev–Trinajstić information content (AvgIpc) is 2.60. The van der Waals surface area contributed by atoms with Gasteiger partial charge in [0.25, 0.3) is 5.91 Å². The fraction of sp³-hybridized carbons (Fsp3) is 0.682. The van der Waals surface area contributed by atoms with Crippen LogP contribution in [-0.2, 0) is 11.3 Å². The van der Waals surface area contributed by atoms with Crippen molar-refractivity contribution in [3.63, 3.8) is 0 Å². The number of amides is 1. The lowest BCUT2D eigenvalue weighted by Gasteiger charge is -2.57. The second-order valence-electron chi connectivity index (χ2n) is 9.28. The number of quaternary nitrogens is 1. The monoisotopic (exact) mass is 373 g/mol. The van der Waals surface area contributed by atoms with E-state index in [1.54, 1.807) is 11.8 Å². The van der Waals surface area contributed by atoms with E-state index in [4.69, 9.17) is 0 Å². The molecule has 1 aromatic carbocycles. The molecule has 4 saturated carbocycles. The Morgan fingerprint density at radius 1 is 1.15 bits per heavy atom. The van der Waals surface area contributed by atoms with Crippen LogP contribution < -0.4 is 10.2 Å². The van der Waals surface area contributed by atoms with E-state index in [0.717, 1.165) is 24.3 Å². The van der Waals surface area contributed by atoms with Gasteiger partial charge in [0.05, 0.1) is 7.05 Å². The molecular formula is C22H33N2OS+. The van der Waals surface area contributed by atoms with Crippen LogP contribution >= 0.6 is 11.8 Å². The Bertz CT molecular complexity index is 621. The van der Waals surface area contributed by atoms with E-state index in [2.05, 4.69) is 49.8 Å². The molecule has 26 heavy (non-hydrogen) atoms. The van der Waals surface area contributed by atoms with Gasteiger partial charge in [-0.2, -0.15) is 0 Å². The van der Waals surface area contributed by atoms with Gasteiger partial charge < -0.3 is 10.2 Å². The van der Waals surface area contributed by atoms with Gasteiger partial charge in [-0.05, 0) is 81.6 Å². The summed E-state index contributed by atoms with van der Waals surface area (Å²) in [5.41, 5.74) is 1.43. The van der Waals surface area contributed by atoms with Crippen LogP contribution in [0.4, 0.5) is 0 Å². The van der Waals surface area contributed by atoms with E-state index in [-0.39, 0.29) is 17.5 Å². The smallest absolute Gasteiger partial charge is 0.278 e. The largest absolute Gasteiger partial charge is 0.345 e. The van der Waals surface area contributed by atoms with Crippen molar-refractivity contribution in [1.82, 2.24) is 5.32 Å². The zero-order chi connectivity index (χ0) is 18.3. The van der Waals surface area contributed by atoms with Crippen LogP contribution in [0.5, 0.6) is 0 Å². The van der Waals surface area contributed by atoms with E-state index in [1.165, 1.54) is 53.9 Å². The minimum Gasteiger partial charge on any atom is -0.345 e. The number of rotatable bonds is 6. The first kappa shape index (κ1) is 18.4. The summed E-state index contributed by atoms with van der Waals surface area (Å²) in [6.07, 6.45) is 10.0. The first-order chi connectivity index (χ1) is 12.5. The van der Waals surface area contributed by atoms with Gasteiger partial charge in [0.2, 0.25) is 0 Å². The lowest BCUT2D eigenvalue weighted by atomic mass is 9.53. The fourth-order valence-electron chi connectivity index (χ4n) is 6.08. The number of carbonyl (C=O) groups is 1. The van der Waals surface area contributed by atoms with E-state index in [9.17, 15) is 4.79 Å². The summed E-state index contributed by atoms with van der Waals surface area (Å²) < 4.78 is 0. The van der Waals surface area contributed by atoms with Crippen molar-refractivity contribution in [3.05, 3.63) is 29.8 Å². The first-order valence-corrected chi connectivity index (χ1v) is 11.5. The van der Waals surface area contributed by atoms with Crippen molar-refractivity contribution in [2.24, 2.45) is 17.8 Å². The average molecular weight is 374 g/mol. The van der Waals surface area contributed by atoms with Crippen molar-refractivity contribution in [2.45, 2.75) is 68.5 Å². The highest BCUT2D eigenvalue weighted by atomic mass is 32.2. The number of hydrogen-bond donors (Lipinski definition) is 2. The zero-order valence-corrected chi connectivity index (χ0v) is 17.2. The standard InChI is InChI=1S/C22H32N2OS/c1-15(24(2)14-16-4-6-20(26-3)7-5-16)21(25)23-22-11-17-8-18(12-22)10-19(9-17)13-22/h4-7,15,17-19H,8-14H2,1-3H3,(H,23,25)/p+1/t15-,17?,18?,19?,22?/m1/s1. The van der Waals surface area contributed by atoms with Gasteiger partial charge in [0, 0.05) is 16.0 Å². The van der Waals surface area contributed by atoms with E-state index >= 15 is 0 Å². The Morgan fingerprint density at radius 2 is 1.69 bits per heavy atom. The van der Waals surface area contributed by atoms with Gasteiger partial charge in [-0.25, -0.2) is 0 Å². The maximum atomic E-state index is 13.0. The Balaban J connectivity index is 1.36. The molecule has 0 heterocycles. The molecule has 142 valence electrons. The molecular weight excluding hydrogens is 340 g/mol. The van der Waals surface area contributed by atoms with Crippen molar-refractivity contribution in [2.75, 3.05) is 13.3 Å². The second-order valence-corrected chi connectivity index (χ2v) is 10.2. The lowest BCUT2D eigenvalue weighted by molar-refractivity contribution is -0.908. The van der Waals surface area contributed by atoms with Crippen LogP contribution in [-0.4, -0.2) is 30.8 Å². The van der Waals surface area contributed by atoms with E-state index in [1.807, 2.05) is 0 Å². The van der Waals surface area contributed by atoms with Crippen molar-refractivity contribution in [1.29, 1.82) is 0 Å². The van der Waals surface area contributed by atoms with Crippen LogP contribution in [0.1, 0.15) is 51.0 Å². The minimum absolute atomic E-state index is 0.0109. The molecule has 3 nitrogen and oxygen atoms in total. The summed E-state index contributed by atoms with van der Waals surface area (Å²) in [4.78, 5) is 15.6. The summed E-state index contributed by atoms with van der Waals surface area (Å²) in [6.45, 7) is 2.98. The molecule has 0 radical (unpaired) electrons. The fourth-order valence-corrected chi connectivity index (χ4v) is 6.48. The Kier molecular flexibility index (Phi) is 5.08. The predicted octanol–water partition coefficient (Wildman–Crippen LogP) is 2.90. The topological polar surface area (TPSA) is 33.5 Å². The third-order valence-corrected chi connectivity index (χ3v) is 7.94. The summed E-state index contributed by atoms with van der Waals surface area (Å²) in [5, 5.41) is 3.55. The van der Waals surface area contributed by atoms with Crippen LogP contribution in [0, 0.1) is 17.8 Å². The van der Waals surface area contributed by atoms with Gasteiger partial charge >= 0.3 is 0 Å². The van der Waals surface area contributed by atoms with Gasteiger partial charge in [0.15, 0.2) is 6.04 Å². The number of benzene rings is 1. The normalized spacial score (nSPS) is 34.5. The van der Waals surface area contributed by atoms with Crippen LogP contribution in [0.3, 0.4) is 0 Å². The molecule has 0 saturated heterocycles. The molecule has 4 fully saturated rings. The SMILES string of the molecule is CSc1ccc(C[NH+](C)[C@H](C)C(=O)NC23CC4CC(CC(C4)C2)C3)cc1. The Morgan fingerprint density at radius 3 is 2.19 bits per heavy atom. The van der Waals surface area contributed by atoms with E-state index < -0.39 is 0 Å². The molecule has 0 aromatic heterocycles. The number of nitrogens with one attached hydrogen (secondary N) is 2. The van der Waals surface area contributed by atoms with Crippen LogP contribution in [0.15, 0.2) is 29.2 Å². The number of thioether (sulfide) groups is 1. The number of hydrogen-bond acceptors (Lipinski definition) is 2. The maximum Gasteiger partial charge on any atom is 0.278 e. The Hall–Kier alpha value is -1.00. The highest BCUT2D eigenvalue weighted by molar-refractivity contribution is 7.98.